The smallest absolute Gasteiger partial charge is 0.220 e. The third kappa shape index (κ3) is 2.97. The van der Waals surface area contributed by atoms with Crippen molar-refractivity contribution >= 4 is 33.6 Å². The normalized spacial score (nSPS) is 12.4. The molecule has 3 aromatic heterocycles. The molecule has 4 rings (SSSR count). The average molecular weight is 388 g/mol. The quantitative estimate of drug-likeness (QED) is 0.398. The van der Waals surface area contributed by atoms with Gasteiger partial charge >= 0.3 is 0 Å². The number of pyridine rings is 1. The largest absolute Gasteiger partial charge is 0.274 e. The van der Waals surface area contributed by atoms with Crippen molar-refractivity contribution < 1.29 is 8.60 Å². The van der Waals surface area contributed by atoms with E-state index in [2.05, 4.69) is 19.9 Å². The number of rotatable bonds is 3. The van der Waals surface area contributed by atoms with Gasteiger partial charge in [0.25, 0.3) is 0 Å². The number of imidazole rings is 1. The second-order valence-corrected chi connectivity index (χ2v) is 7.07. The highest BCUT2D eigenvalue weighted by molar-refractivity contribution is 7.84. The summed E-state index contributed by atoms with van der Waals surface area (Å²) < 4.78 is 26.8. The number of benzene rings is 1. The second kappa shape index (κ2) is 6.54. The lowest BCUT2D eigenvalue weighted by Gasteiger charge is -2.09. The number of fused-ring (bicyclic) bond motifs is 1. The summed E-state index contributed by atoms with van der Waals surface area (Å²) in [5, 5.41) is 0.516. The molecule has 3 heterocycles. The van der Waals surface area contributed by atoms with Gasteiger partial charge in [0, 0.05) is 18.0 Å². The van der Waals surface area contributed by atoms with E-state index in [1.807, 2.05) is 0 Å². The van der Waals surface area contributed by atoms with Gasteiger partial charge in [-0.15, -0.1) is 0 Å². The molecule has 9 heteroatoms. The first-order valence-electron chi connectivity index (χ1n) is 7.51. The van der Waals surface area contributed by atoms with Gasteiger partial charge in [-0.25, -0.2) is 24.3 Å². The molecular weight excluding hydrogens is 377 g/mol. The zero-order chi connectivity index (χ0) is 18.3. The number of halogens is 2. The molecule has 1 unspecified atom stereocenters. The minimum atomic E-state index is -1.33. The maximum atomic E-state index is 13.3. The van der Waals surface area contributed by atoms with Gasteiger partial charge in [0.15, 0.2) is 5.65 Å². The Morgan fingerprint density at radius 2 is 1.81 bits per heavy atom. The fraction of sp³-hybridized carbons (Fsp3) is 0.0588. The monoisotopic (exact) mass is 387 g/mol. The van der Waals surface area contributed by atoms with Crippen LogP contribution < -0.4 is 0 Å². The molecule has 0 saturated carbocycles. The predicted octanol–water partition coefficient (Wildman–Crippen LogP) is 3.41. The van der Waals surface area contributed by atoms with E-state index in [1.54, 1.807) is 34.9 Å². The maximum Gasteiger partial charge on any atom is 0.220 e. The summed E-state index contributed by atoms with van der Waals surface area (Å²) in [7, 11) is -1.33. The first-order chi connectivity index (χ1) is 12.5. The van der Waals surface area contributed by atoms with Gasteiger partial charge in [0.05, 0.1) is 16.3 Å². The van der Waals surface area contributed by atoms with Crippen LogP contribution in [0.25, 0.3) is 28.4 Å². The summed E-state index contributed by atoms with van der Waals surface area (Å²) in [6.45, 7) is 0. The summed E-state index contributed by atoms with van der Waals surface area (Å²) in [5.41, 5.74) is 1.77. The highest BCUT2D eigenvalue weighted by atomic mass is 35.5. The van der Waals surface area contributed by atoms with Gasteiger partial charge in [0.2, 0.25) is 5.16 Å². The van der Waals surface area contributed by atoms with E-state index in [0.717, 1.165) is 0 Å². The van der Waals surface area contributed by atoms with Crippen LogP contribution >= 0.6 is 11.6 Å². The topological polar surface area (TPSA) is 73.6 Å². The molecule has 1 aromatic carbocycles. The molecule has 130 valence electrons. The van der Waals surface area contributed by atoms with Crippen LogP contribution in [0.15, 0.2) is 53.8 Å². The van der Waals surface area contributed by atoms with Crippen LogP contribution in [0.4, 0.5) is 4.39 Å². The molecule has 0 radical (unpaired) electrons. The molecule has 0 spiro atoms. The Morgan fingerprint density at radius 3 is 2.54 bits per heavy atom. The van der Waals surface area contributed by atoms with Crippen molar-refractivity contribution in [3.05, 3.63) is 59.6 Å². The molecule has 0 fully saturated rings. The van der Waals surface area contributed by atoms with Crippen LogP contribution in [0.5, 0.6) is 0 Å². The molecule has 0 amide bonds. The van der Waals surface area contributed by atoms with Crippen LogP contribution in [0.1, 0.15) is 0 Å². The van der Waals surface area contributed by atoms with E-state index in [-0.39, 0.29) is 11.0 Å². The molecule has 0 saturated heterocycles. The fourth-order valence-electron chi connectivity index (χ4n) is 2.56. The minimum absolute atomic E-state index is 0.205. The van der Waals surface area contributed by atoms with Crippen molar-refractivity contribution in [3.8, 4) is 17.2 Å². The summed E-state index contributed by atoms with van der Waals surface area (Å²) in [5.74, 6) is 0.653. The van der Waals surface area contributed by atoms with Crippen molar-refractivity contribution in [2.24, 2.45) is 0 Å². The SMILES string of the molecule is CS(=O)c1nccc(-n2c(-c3ccc(F)cc3)nc3nc(Cl)ccc32)n1. The van der Waals surface area contributed by atoms with Gasteiger partial charge in [-0.05, 0) is 42.5 Å². The van der Waals surface area contributed by atoms with Gasteiger partial charge in [-0.2, -0.15) is 0 Å². The Labute approximate surface area is 155 Å². The van der Waals surface area contributed by atoms with Crippen molar-refractivity contribution in [2.75, 3.05) is 6.26 Å². The Kier molecular flexibility index (Phi) is 4.21. The minimum Gasteiger partial charge on any atom is -0.274 e. The number of hydrogen-bond acceptors (Lipinski definition) is 5. The third-order valence-electron chi connectivity index (χ3n) is 3.69. The van der Waals surface area contributed by atoms with Gasteiger partial charge in [0.1, 0.15) is 22.6 Å². The molecule has 0 aliphatic heterocycles. The summed E-state index contributed by atoms with van der Waals surface area (Å²) in [6, 6.07) is 11.0. The number of nitrogens with zero attached hydrogens (tertiary/aromatic N) is 5. The van der Waals surface area contributed by atoms with E-state index in [1.165, 1.54) is 24.6 Å². The van der Waals surface area contributed by atoms with Crippen LogP contribution in [0, 0.1) is 5.82 Å². The zero-order valence-corrected chi connectivity index (χ0v) is 15.0. The molecular formula is C17H11ClFN5OS. The van der Waals surface area contributed by atoms with Crippen molar-refractivity contribution in [1.29, 1.82) is 0 Å². The van der Waals surface area contributed by atoms with Crippen LogP contribution in [0.2, 0.25) is 5.15 Å². The molecule has 6 nitrogen and oxygen atoms in total. The molecule has 0 N–H and O–H groups in total. The summed E-state index contributed by atoms with van der Waals surface area (Å²) in [4.78, 5) is 17.2. The Morgan fingerprint density at radius 1 is 1.04 bits per heavy atom. The van der Waals surface area contributed by atoms with Crippen LogP contribution in [-0.4, -0.2) is 35.0 Å². The first-order valence-corrected chi connectivity index (χ1v) is 9.44. The lowest BCUT2D eigenvalue weighted by Crippen LogP contribution is -2.05. The Balaban J connectivity index is 2.03. The van der Waals surface area contributed by atoms with Crippen molar-refractivity contribution in [1.82, 2.24) is 24.5 Å². The maximum absolute atomic E-state index is 13.3. The average Bonchev–Trinajstić information content (AvgIpc) is 3.00. The standard InChI is InChI=1S/C17H11ClFN5OS/c1-26(25)17-20-9-8-14(22-17)24-12-6-7-13(18)21-15(12)23-16(24)10-2-4-11(19)5-3-10/h2-9H,1H3. The lowest BCUT2D eigenvalue weighted by molar-refractivity contribution is 0.628. The summed E-state index contributed by atoms with van der Waals surface area (Å²) in [6.07, 6.45) is 3.04. The van der Waals surface area contributed by atoms with E-state index in [4.69, 9.17) is 11.6 Å². The summed E-state index contributed by atoms with van der Waals surface area (Å²) >= 11 is 5.98. The molecule has 0 bridgehead atoms. The molecule has 4 aromatic rings. The molecule has 1 atom stereocenters. The van der Waals surface area contributed by atoms with Gasteiger partial charge < -0.3 is 0 Å². The van der Waals surface area contributed by atoms with Crippen molar-refractivity contribution in [2.45, 2.75) is 5.16 Å². The predicted molar refractivity (Wildman–Crippen MR) is 97.2 cm³/mol. The molecule has 0 aliphatic rings. The number of hydrogen-bond donors (Lipinski definition) is 0. The molecule has 0 aliphatic carbocycles. The highest BCUT2D eigenvalue weighted by Crippen LogP contribution is 2.28. The van der Waals surface area contributed by atoms with E-state index in [0.29, 0.717) is 33.5 Å². The van der Waals surface area contributed by atoms with Crippen LogP contribution in [-0.2, 0) is 10.8 Å². The molecule has 26 heavy (non-hydrogen) atoms. The van der Waals surface area contributed by atoms with Crippen molar-refractivity contribution in [3.63, 3.8) is 0 Å². The first kappa shape index (κ1) is 16.7. The van der Waals surface area contributed by atoms with E-state index in [9.17, 15) is 8.60 Å². The lowest BCUT2D eigenvalue weighted by atomic mass is 10.2. The Bertz CT molecular complexity index is 1150. The van der Waals surface area contributed by atoms with Gasteiger partial charge in [-0.1, -0.05) is 11.6 Å². The van der Waals surface area contributed by atoms with Gasteiger partial charge in [-0.3, -0.25) is 8.78 Å². The zero-order valence-electron chi connectivity index (χ0n) is 13.4. The highest BCUT2D eigenvalue weighted by Gasteiger charge is 2.17. The Hall–Kier alpha value is -2.71. The fourth-order valence-corrected chi connectivity index (χ4v) is 3.13. The second-order valence-electron chi connectivity index (χ2n) is 5.41. The van der Waals surface area contributed by atoms with E-state index >= 15 is 0 Å². The van der Waals surface area contributed by atoms with E-state index < -0.39 is 10.8 Å². The van der Waals surface area contributed by atoms with Crippen LogP contribution in [0.3, 0.4) is 0 Å². The third-order valence-corrected chi connectivity index (χ3v) is 4.61. The number of aromatic nitrogens is 5.